The summed E-state index contributed by atoms with van der Waals surface area (Å²) in [5, 5.41) is 5.51. The van der Waals surface area contributed by atoms with Crippen LogP contribution in [0.4, 0.5) is 11.4 Å². The van der Waals surface area contributed by atoms with Crippen LogP contribution in [-0.4, -0.2) is 11.8 Å². The van der Waals surface area contributed by atoms with Crippen molar-refractivity contribution in [2.45, 2.75) is 52.4 Å². The highest BCUT2D eigenvalue weighted by Gasteiger charge is 2.19. The van der Waals surface area contributed by atoms with E-state index in [1.165, 1.54) is 0 Å². The molecule has 2 rings (SSSR count). The van der Waals surface area contributed by atoms with E-state index in [4.69, 9.17) is 0 Å². The van der Waals surface area contributed by atoms with E-state index in [9.17, 15) is 9.59 Å². The van der Waals surface area contributed by atoms with Crippen LogP contribution in [0.2, 0.25) is 0 Å². The summed E-state index contributed by atoms with van der Waals surface area (Å²) in [6.07, 6.45) is 1.92. The Morgan fingerprint density at radius 2 is 1.08 bits per heavy atom. The molecule has 0 aliphatic rings. The highest BCUT2D eigenvalue weighted by molar-refractivity contribution is 6.43. The molecule has 2 aromatic rings. The standard InChI is InChI=1S/C22H28N2O2/c1-5-15(3)17-11-7-9-13-19(17)23-21(25)22(26)24-20-14-10-8-12-18(20)16(4)6-2/h7-16H,5-6H2,1-4H3,(H,23,25)(H,24,26). The van der Waals surface area contributed by atoms with Crippen LogP contribution in [0, 0.1) is 0 Å². The molecule has 0 heterocycles. The maximum absolute atomic E-state index is 12.4. The molecule has 0 aliphatic carbocycles. The number of carbonyl (C=O) groups is 2. The third-order valence-electron chi connectivity index (χ3n) is 4.91. The van der Waals surface area contributed by atoms with Crippen molar-refractivity contribution in [2.24, 2.45) is 0 Å². The maximum atomic E-state index is 12.4. The lowest BCUT2D eigenvalue weighted by molar-refractivity contribution is -0.133. The number of rotatable bonds is 6. The van der Waals surface area contributed by atoms with Gasteiger partial charge in [-0.25, -0.2) is 0 Å². The van der Waals surface area contributed by atoms with Crippen molar-refractivity contribution >= 4 is 23.2 Å². The lowest BCUT2D eigenvalue weighted by Gasteiger charge is -2.17. The zero-order chi connectivity index (χ0) is 19.1. The van der Waals surface area contributed by atoms with Gasteiger partial charge in [-0.15, -0.1) is 0 Å². The van der Waals surface area contributed by atoms with E-state index in [1.54, 1.807) is 0 Å². The normalized spacial score (nSPS) is 12.9. The average Bonchev–Trinajstić information content (AvgIpc) is 2.67. The first-order valence-electron chi connectivity index (χ1n) is 9.28. The Hall–Kier alpha value is -2.62. The monoisotopic (exact) mass is 352 g/mol. The Morgan fingerprint density at radius 1 is 0.731 bits per heavy atom. The van der Waals surface area contributed by atoms with E-state index in [2.05, 4.69) is 38.3 Å². The molecule has 138 valence electrons. The van der Waals surface area contributed by atoms with Crippen LogP contribution in [0.5, 0.6) is 0 Å². The molecule has 0 aromatic heterocycles. The second kappa shape index (κ2) is 9.18. The van der Waals surface area contributed by atoms with Crippen LogP contribution in [-0.2, 0) is 9.59 Å². The third-order valence-corrected chi connectivity index (χ3v) is 4.91. The predicted molar refractivity (Wildman–Crippen MR) is 108 cm³/mol. The fraction of sp³-hybridized carbons (Fsp3) is 0.364. The summed E-state index contributed by atoms with van der Waals surface area (Å²) in [6.45, 7) is 8.41. The van der Waals surface area contributed by atoms with Gasteiger partial charge in [-0.3, -0.25) is 9.59 Å². The first kappa shape index (κ1) is 19.7. The molecule has 4 nitrogen and oxygen atoms in total. The molecule has 2 N–H and O–H groups in total. The van der Waals surface area contributed by atoms with Crippen molar-refractivity contribution in [3.63, 3.8) is 0 Å². The number of para-hydroxylation sites is 2. The summed E-state index contributed by atoms with van der Waals surface area (Å²) in [4.78, 5) is 24.8. The smallest absolute Gasteiger partial charge is 0.314 e. The molecular weight excluding hydrogens is 324 g/mol. The van der Waals surface area contributed by atoms with E-state index >= 15 is 0 Å². The SMILES string of the molecule is CCC(C)c1ccccc1NC(=O)C(=O)Nc1ccccc1C(C)CC. The molecule has 2 unspecified atom stereocenters. The quantitative estimate of drug-likeness (QED) is 0.694. The van der Waals surface area contributed by atoms with E-state index in [0.29, 0.717) is 23.2 Å². The lowest BCUT2D eigenvalue weighted by atomic mass is 9.96. The van der Waals surface area contributed by atoms with Crippen LogP contribution in [0.3, 0.4) is 0 Å². The van der Waals surface area contributed by atoms with Gasteiger partial charge in [-0.05, 0) is 47.9 Å². The largest absolute Gasteiger partial charge is 0.318 e. The summed E-state index contributed by atoms with van der Waals surface area (Å²) < 4.78 is 0. The Balaban J connectivity index is 2.14. The molecule has 26 heavy (non-hydrogen) atoms. The van der Waals surface area contributed by atoms with Gasteiger partial charge in [0.15, 0.2) is 0 Å². The van der Waals surface area contributed by atoms with Crippen LogP contribution >= 0.6 is 0 Å². The minimum absolute atomic E-state index is 0.306. The topological polar surface area (TPSA) is 58.2 Å². The van der Waals surface area contributed by atoms with Crippen molar-refractivity contribution in [2.75, 3.05) is 10.6 Å². The van der Waals surface area contributed by atoms with Gasteiger partial charge < -0.3 is 10.6 Å². The summed E-state index contributed by atoms with van der Waals surface area (Å²) in [7, 11) is 0. The second-order valence-electron chi connectivity index (χ2n) is 6.70. The van der Waals surface area contributed by atoms with Gasteiger partial charge in [-0.2, -0.15) is 0 Å². The number of carbonyl (C=O) groups excluding carboxylic acids is 2. The van der Waals surface area contributed by atoms with Gasteiger partial charge in [0.1, 0.15) is 0 Å². The van der Waals surface area contributed by atoms with E-state index in [-0.39, 0.29) is 0 Å². The Labute approximate surface area is 156 Å². The van der Waals surface area contributed by atoms with Gasteiger partial charge in [-0.1, -0.05) is 64.1 Å². The molecule has 4 heteroatoms. The maximum Gasteiger partial charge on any atom is 0.314 e. The highest BCUT2D eigenvalue weighted by Crippen LogP contribution is 2.28. The van der Waals surface area contributed by atoms with Gasteiger partial charge in [0.05, 0.1) is 0 Å². The van der Waals surface area contributed by atoms with Crippen molar-refractivity contribution in [1.82, 2.24) is 0 Å². The summed E-state index contributed by atoms with van der Waals surface area (Å²) in [5.74, 6) is -0.694. The van der Waals surface area contributed by atoms with Crippen molar-refractivity contribution in [3.05, 3.63) is 59.7 Å². The van der Waals surface area contributed by atoms with Crippen LogP contribution < -0.4 is 10.6 Å². The summed E-state index contributed by atoms with van der Waals surface area (Å²) >= 11 is 0. The molecule has 0 spiro atoms. The molecule has 2 amide bonds. The molecule has 0 aliphatic heterocycles. The number of anilines is 2. The van der Waals surface area contributed by atoms with E-state index < -0.39 is 11.8 Å². The molecule has 2 aromatic carbocycles. The van der Waals surface area contributed by atoms with Crippen LogP contribution in [0.15, 0.2) is 48.5 Å². The second-order valence-corrected chi connectivity index (χ2v) is 6.70. The molecule has 0 saturated heterocycles. The Kier molecular flexibility index (Phi) is 6.96. The van der Waals surface area contributed by atoms with Gasteiger partial charge in [0.25, 0.3) is 0 Å². The van der Waals surface area contributed by atoms with Crippen LogP contribution in [0.25, 0.3) is 0 Å². The number of benzene rings is 2. The Morgan fingerprint density at radius 3 is 1.42 bits per heavy atom. The number of amides is 2. The fourth-order valence-corrected chi connectivity index (χ4v) is 2.88. The summed E-state index contributed by atoms with van der Waals surface area (Å²) in [6, 6.07) is 15.2. The van der Waals surface area contributed by atoms with Gasteiger partial charge >= 0.3 is 11.8 Å². The minimum Gasteiger partial charge on any atom is -0.318 e. The first-order chi connectivity index (χ1) is 12.5. The van der Waals surface area contributed by atoms with Gasteiger partial charge in [0, 0.05) is 11.4 Å². The van der Waals surface area contributed by atoms with Crippen LogP contribution in [0.1, 0.15) is 63.5 Å². The summed E-state index contributed by atoms with van der Waals surface area (Å²) in [5.41, 5.74) is 3.46. The molecule has 0 fully saturated rings. The van der Waals surface area contributed by atoms with E-state index in [0.717, 1.165) is 24.0 Å². The molecular formula is C22H28N2O2. The van der Waals surface area contributed by atoms with Gasteiger partial charge in [0.2, 0.25) is 0 Å². The van der Waals surface area contributed by atoms with Crippen molar-refractivity contribution < 1.29 is 9.59 Å². The predicted octanol–water partition coefficient (Wildman–Crippen LogP) is 5.29. The number of nitrogens with one attached hydrogen (secondary N) is 2. The average molecular weight is 352 g/mol. The van der Waals surface area contributed by atoms with Crippen molar-refractivity contribution in [1.29, 1.82) is 0 Å². The molecule has 0 bridgehead atoms. The lowest BCUT2D eigenvalue weighted by Crippen LogP contribution is -2.30. The first-order valence-corrected chi connectivity index (χ1v) is 9.28. The third kappa shape index (κ3) is 4.72. The fourth-order valence-electron chi connectivity index (χ4n) is 2.88. The Bertz CT molecular complexity index is 705. The zero-order valence-corrected chi connectivity index (χ0v) is 16.0. The molecule has 2 atom stereocenters. The zero-order valence-electron chi connectivity index (χ0n) is 16.0. The van der Waals surface area contributed by atoms with E-state index in [1.807, 2.05) is 48.5 Å². The van der Waals surface area contributed by atoms with Crippen molar-refractivity contribution in [3.8, 4) is 0 Å². The highest BCUT2D eigenvalue weighted by atomic mass is 16.2. The minimum atomic E-state index is -0.653. The number of hydrogen-bond acceptors (Lipinski definition) is 2. The molecule has 0 radical (unpaired) electrons. The number of hydrogen-bond donors (Lipinski definition) is 2. The molecule has 0 saturated carbocycles.